The van der Waals surface area contributed by atoms with Gasteiger partial charge in [-0.15, -0.1) is 0 Å². The molecule has 0 aliphatic rings. The molecule has 0 saturated heterocycles. The van der Waals surface area contributed by atoms with E-state index in [0.29, 0.717) is 0 Å². The van der Waals surface area contributed by atoms with E-state index in [9.17, 15) is 13.2 Å². The van der Waals surface area contributed by atoms with Gasteiger partial charge in [-0.3, -0.25) is 4.79 Å². The molecule has 5 nitrogen and oxygen atoms in total. The van der Waals surface area contributed by atoms with E-state index < -0.39 is 10.0 Å². The van der Waals surface area contributed by atoms with Crippen LogP contribution in [0.15, 0.2) is 51.8 Å². The van der Waals surface area contributed by atoms with E-state index in [0.717, 1.165) is 38.4 Å². The highest BCUT2D eigenvalue weighted by Crippen LogP contribution is 2.23. The maximum Gasteiger partial charge on any atom is 0.243 e. The number of para-hydroxylation sites is 1. The first kappa shape index (κ1) is 20.6. The van der Waals surface area contributed by atoms with Gasteiger partial charge >= 0.3 is 0 Å². The van der Waals surface area contributed by atoms with Gasteiger partial charge in [-0.05, 0) is 48.2 Å². The molecule has 0 aliphatic heterocycles. The minimum Gasteiger partial charge on any atom is -0.324 e. The predicted molar refractivity (Wildman–Crippen MR) is 108 cm³/mol. The molecule has 1 amide bonds. The first-order valence-electron chi connectivity index (χ1n) is 8.42. The van der Waals surface area contributed by atoms with Gasteiger partial charge in [-0.1, -0.05) is 48.0 Å². The van der Waals surface area contributed by atoms with Crippen LogP contribution < -0.4 is 5.32 Å². The number of carbonyl (C=O) groups excluding carboxylic acids is 1. The van der Waals surface area contributed by atoms with E-state index in [1.54, 1.807) is 12.1 Å². The van der Waals surface area contributed by atoms with Gasteiger partial charge in [0.05, 0.1) is 11.4 Å². The number of aryl methyl sites for hydroxylation is 2. The summed E-state index contributed by atoms with van der Waals surface area (Å²) >= 11 is 3.28. The summed E-state index contributed by atoms with van der Waals surface area (Å²) in [4.78, 5) is 12.6. The number of hydrogen-bond acceptors (Lipinski definition) is 3. The van der Waals surface area contributed by atoms with E-state index in [4.69, 9.17) is 0 Å². The molecule has 140 valence electrons. The SMILES string of the molecule is CCc1cccc(CC)c1NC(=O)CN(C)S(=O)(=O)c1ccc(Br)cc1. The third-order valence-electron chi connectivity index (χ3n) is 4.15. The molecule has 7 heteroatoms. The van der Waals surface area contributed by atoms with Crippen molar-refractivity contribution < 1.29 is 13.2 Å². The third kappa shape index (κ3) is 4.72. The smallest absolute Gasteiger partial charge is 0.243 e. The normalized spacial score (nSPS) is 11.6. The number of rotatable bonds is 7. The lowest BCUT2D eigenvalue weighted by Crippen LogP contribution is -2.35. The van der Waals surface area contributed by atoms with Gasteiger partial charge < -0.3 is 5.32 Å². The molecule has 0 unspecified atom stereocenters. The summed E-state index contributed by atoms with van der Waals surface area (Å²) in [5.74, 6) is -0.358. The molecule has 0 fully saturated rings. The summed E-state index contributed by atoms with van der Waals surface area (Å²) in [6.07, 6.45) is 1.58. The molecule has 0 aromatic heterocycles. The number of halogens is 1. The van der Waals surface area contributed by atoms with Crippen molar-refractivity contribution in [3.63, 3.8) is 0 Å². The average Bonchev–Trinajstić information content (AvgIpc) is 2.62. The lowest BCUT2D eigenvalue weighted by molar-refractivity contribution is -0.116. The van der Waals surface area contributed by atoms with E-state index >= 15 is 0 Å². The highest BCUT2D eigenvalue weighted by Gasteiger charge is 2.23. The molecular weight excluding hydrogens is 416 g/mol. The van der Waals surface area contributed by atoms with Crippen molar-refractivity contribution in [1.29, 1.82) is 0 Å². The number of nitrogens with zero attached hydrogens (tertiary/aromatic N) is 1. The van der Waals surface area contributed by atoms with Crippen LogP contribution >= 0.6 is 15.9 Å². The van der Waals surface area contributed by atoms with Crippen LogP contribution in [-0.4, -0.2) is 32.2 Å². The van der Waals surface area contributed by atoms with Gasteiger partial charge in [0.25, 0.3) is 0 Å². The van der Waals surface area contributed by atoms with Crippen molar-refractivity contribution >= 4 is 37.5 Å². The Labute approximate surface area is 163 Å². The Kier molecular flexibility index (Phi) is 6.97. The summed E-state index contributed by atoms with van der Waals surface area (Å²) in [7, 11) is -2.32. The van der Waals surface area contributed by atoms with Gasteiger partial charge in [0.1, 0.15) is 0 Å². The van der Waals surface area contributed by atoms with Crippen molar-refractivity contribution in [1.82, 2.24) is 4.31 Å². The monoisotopic (exact) mass is 438 g/mol. The van der Waals surface area contributed by atoms with Crippen LogP contribution in [0.2, 0.25) is 0 Å². The Bertz CT molecular complexity index is 858. The van der Waals surface area contributed by atoms with E-state index in [1.807, 2.05) is 32.0 Å². The molecule has 1 N–H and O–H groups in total. The molecule has 2 aromatic carbocycles. The molecule has 26 heavy (non-hydrogen) atoms. The number of sulfonamides is 1. The average molecular weight is 439 g/mol. The minimum absolute atomic E-state index is 0.152. The third-order valence-corrected chi connectivity index (χ3v) is 6.50. The highest BCUT2D eigenvalue weighted by atomic mass is 79.9. The van der Waals surface area contributed by atoms with E-state index in [-0.39, 0.29) is 17.3 Å². The lowest BCUT2D eigenvalue weighted by atomic mass is 10.0. The van der Waals surface area contributed by atoms with Crippen molar-refractivity contribution in [3.05, 3.63) is 58.1 Å². The minimum atomic E-state index is -3.72. The topological polar surface area (TPSA) is 66.5 Å². The second-order valence-electron chi connectivity index (χ2n) is 5.92. The van der Waals surface area contributed by atoms with E-state index in [2.05, 4.69) is 21.2 Å². The largest absolute Gasteiger partial charge is 0.324 e. The van der Waals surface area contributed by atoms with Crippen LogP contribution in [0.3, 0.4) is 0 Å². The molecule has 2 rings (SSSR count). The molecule has 0 saturated carbocycles. The second-order valence-corrected chi connectivity index (χ2v) is 8.88. The zero-order chi connectivity index (χ0) is 19.3. The molecule has 0 atom stereocenters. The van der Waals surface area contributed by atoms with Crippen LogP contribution in [-0.2, 0) is 27.7 Å². The van der Waals surface area contributed by atoms with Gasteiger partial charge in [0.15, 0.2) is 0 Å². The summed E-state index contributed by atoms with van der Waals surface area (Å²) in [6.45, 7) is 3.79. The number of carbonyl (C=O) groups is 1. The molecule has 0 radical (unpaired) electrons. The summed E-state index contributed by atoms with van der Waals surface area (Å²) in [6, 6.07) is 12.2. The first-order valence-corrected chi connectivity index (χ1v) is 10.6. The van der Waals surface area contributed by atoms with Crippen molar-refractivity contribution in [2.75, 3.05) is 18.9 Å². The van der Waals surface area contributed by atoms with Gasteiger partial charge in [-0.2, -0.15) is 4.31 Å². The van der Waals surface area contributed by atoms with Crippen molar-refractivity contribution in [3.8, 4) is 0 Å². The Morgan fingerprint density at radius 3 is 2.08 bits per heavy atom. The molecule has 0 aliphatic carbocycles. The molecule has 0 bridgehead atoms. The fraction of sp³-hybridized carbons (Fsp3) is 0.316. The maximum absolute atomic E-state index is 12.6. The number of likely N-dealkylation sites (N-methyl/N-ethyl adjacent to an activating group) is 1. The van der Waals surface area contributed by atoms with Gasteiger partial charge in [0, 0.05) is 17.2 Å². The number of nitrogens with one attached hydrogen (secondary N) is 1. The zero-order valence-corrected chi connectivity index (χ0v) is 17.5. The fourth-order valence-corrected chi connectivity index (χ4v) is 4.05. The number of amides is 1. The number of anilines is 1. The first-order chi connectivity index (χ1) is 12.3. The molecule has 2 aromatic rings. The van der Waals surface area contributed by atoms with Crippen LogP contribution in [0.5, 0.6) is 0 Å². The van der Waals surface area contributed by atoms with Crippen LogP contribution in [0.1, 0.15) is 25.0 Å². The predicted octanol–water partition coefficient (Wildman–Crippen LogP) is 3.83. The molecule has 0 spiro atoms. The molecular formula is C19H23BrN2O3S. The maximum atomic E-state index is 12.6. The number of hydrogen-bond donors (Lipinski definition) is 1. The standard InChI is InChI=1S/C19H23BrN2O3S/c1-4-14-7-6-8-15(5-2)19(14)21-18(23)13-22(3)26(24,25)17-11-9-16(20)10-12-17/h6-12H,4-5,13H2,1-3H3,(H,21,23). The fourth-order valence-electron chi connectivity index (χ4n) is 2.66. The van der Waals surface area contributed by atoms with Gasteiger partial charge in [0.2, 0.25) is 15.9 Å². The Hall–Kier alpha value is -1.70. The Balaban J connectivity index is 2.16. The summed E-state index contributed by atoms with van der Waals surface area (Å²) < 4.78 is 27.1. The van der Waals surface area contributed by atoms with Crippen molar-refractivity contribution in [2.45, 2.75) is 31.6 Å². The number of benzene rings is 2. The second kappa shape index (κ2) is 8.79. The zero-order valence-electron chi connectivity index (χ0n) is 15.1. The summed E-state index contributed by atoms with van der Waals surface area (Å²) in [5, 5.41) is 2.89. The quantitative estimate of drug-likeness (QED) is 0.713. The van der Waals surface area contributed by atoms with Crippen LogP contribution in [0.4, 0.5) is 5.69 Å². The van der Waals surface area contributed by atoms with Crippen LogP contribution in [0.25, 0.3) is 0 Å². The Morgan fingerprint density at radius 2 is 1.58 bits per heavy atom. The lowest BCUT2D eigenvalue weighted by Gasteiger charge is -2.19. The molecule has 0 heterocycles. The van der Waals surface area contributed by atoms with E-state index in [1.165, 1.54) is 19.2 Å². The summed E-state index contributed by atoms with van der Waals surface area (Å²) in [5.41, 5.74) is 2.86. The van der Waals surface area contributed by atoms with Gasteiger partial charge in [-0.25, -0.2) is 8.42 Å². The van der Waals surface area contributed by atoms with Crippen LogP contribution in [0, 0.1) is 0 Å². The van der Waals surface area contributed by atoms with Crippen molar-refractivity contribution in [2.24, 2.45) is 0 Å². The Morgan fingerprint density at radius 1 is 1.04 bits per heavy atom. The highest BCUT2D eigenvalue weighted by molar-refractivity contribution is 9.10.